The van der Waals surface area contributed by atoms with Crippen LogP contribution in [0.15, 0.2) is 133 Å². The molecule has 8 aromatic rings. The monoisotopic (exact) mass is 609 g/mol. The van der Waals surface area contributed by atoms with E-state index in [0.717, 1.165) is 54.9 Å². The Labute approximate surface area is 271 Å². The second kappa shape index (κ2) is 9.78. The molecule has 3 heterocycles. The first-order valence-corrected chi connectivity index (χ1v) is 16.0. The molecule has 0 bridgehead atoms. The van der Waals surface area contributed by atoms with Gasteiger partial charge in [-0.1, -0.05) is 93.6 Å². The third-order valence-electron chi connectivity index (χ3n) is 9.61. The van der Waals surface area contributed by atoms with Crippen LogP contribution in [0, 0.1) is 0 Å². The summed E-state index contributed by atoms with van der Waals surface area (Å²) in [5, 5.41) is 4.53. The molecule has 6 aromatic carbocycles. The number of para-hydroxylation sites is 3. The molecular formula is C42H31N3O2. The minimum atomic E-state index is -0.309. The Kier molecular flexibility index (Phi) is 5.70. The molecule has 5 heteroatoms. The molecule has 2 aromatic heterocycles. The molecule has 47 heavy (non-hydrogen) atoms. The summed E-state index contributed by atoms with van der Waals surface area (Å²) in [7, 11) is 0. The summed E-state index contributed by atoms with van der Waals surface area (Å²) in [4.78, 5) is 29.5. The predicted molar refractivity (Wildman–Crippen MR) is 191 cm³/mol. The molecule has 226 valence electrons. The molecule has 0 radical (unpaired) electrons. The Balaban J connectivity index is 1.31. The maximum absolute atomic E-state index is 14.3. The minimum absolute atomic E-state index is 0.0386. The van der Waals surface area contributed by atoms with Crippen LogP contribution in [0.5, 0.6) is 0 Å². The van der Waals surface area contributed by atoms with Crippen molar-refractivity contribution in [1.29, 1.82) is 0 Å². The van der Waals surface area contributed by atoms with E-state index in [1.807, 2.05) is 48.5 Å². The van der Waals surface area contributed by atoms with Gasteiger partial charge in [0.1, 0.15) is 0 Å². The zero-order valence-electron chi connectivity index (χ0n) is 26.4. The molecule has 0 aliphatic carbocycles. The highest BCUT2D eigenvalue weighted by atomic mass is 16.2. The summed E-state index contributed by atoms with van der Waals surface area (Å²) in [6, 6.07) is 45.0. The molecule has 5 nitrogen and oxygen atoms in total. The highest BCUT2D eigenvalue weighted by molar-refractivity contribution is 6.36. The number of benzene rings is 6. The first-order chi connectivity index (χ1) is 22.8. The summed E-state index contributed by atoms with van der Waals surface area (Å²) in [6.07, 6.45) is 0. The van der Waals surface area contributed by atoms with E-state index >= 15 is 0 Å². The first kappa shape index (κ1) is 27.4. The number of hydrogen-bond acceptors (Lipinski definition) is 2. The summed E-state index contributed by atoms with van der Waals surface area (Å²) < 4.78 is 4.48. The van der Waals surface area contributed by atoms with Crippen molar-refractivity contribution in [2.45, 2.75) is 26.2 Å². The Morgan fingerprint density at radius 3 is 1.68 bits per heavy atom. The maximum Gasteiger partial charge on any atom is 0.268 e. The van der Waals surface area contributed by atoms with Crippen molar-refractivity contribution < 1.29 is 9.59 Å². The van der Waals surface area contributed by atoms with E-state index in [-0.39, 0.29) is 17.2 Å². The van der Waals surface area contributed by atoms with Crippen LogP contribution in [-0.4, -0.2) is 20.9 Å². The number of fused-ring (bicyclic) bond motifs is 8. The average Bonchev–Trinajstić information content (AvgIpc) is 3.69. The van der Waals surface area contributed by atoms with Crippen molar-refractivity contribution in [3.8, 4) is 11.4 Å². The van der Waals surface area contributed by atoms with Crippen molar-refractivity contribution in [2.24, 2.45) is 0 Å². The van der Waals surface area contributed by atoms with Gasteiger partial charge in [-0.25, -0.2) is 4.90 Å². The average molecular weight is 610 g/mol. The fourth-order valence-electron chi connectivity index (χ4n) is 7.43. The van der Waals surface area contributed by atoms with Crippen LogP contribution in [0.3, 0.4) is 0 Å². The Morgan fingerprint density at radius 1 is 0.468 bits per heavy atom. The van der Waals surface area contributed by atoms with Gasteiger partial charge in [0.15, 0.2) is 0 Å². The van der Waals surface area contributed by atoms with Crippen molar-refractivity contribution in [1.82, 2.24) is 9.13 Å². The number of aromatic nitrogens is 2. The molecule has 1 aliphatic heterocycles. The second-order valence-corrected chi connectivity index (χ2v) is 13.3. The van der Waals surface area contributed by atoms with Crippen LogP contribution in [0.2, 0.25) is 0 Å². The zero-order valence-corrected chi connectivity index (χ0v) is 26.4. The number of carbonyl (C=O) groups excluding carboxylic acids is 2. The molecule has 9 rings (SSSR count). The van der Waals surface area contributed by atoms with Gasteiger partial charge in [0.05, 0.1) is 44.6 Å². The molecule has 1 aliphatic rings. The van der Waals surface area contributed by atoms with E-state index in [2.05, 4.69) is 109 Å². The minimum Gasteiger partial charge on any atom is -0.309 e. The zero-order chi connectivity index (χ0) is 32.0. The largest absolute Gasteiger partial charge is 0.309 e. The third-order valence-corrected chi connectivity index (χ3v) is 9.61. The number of amides is 2. The van der Waals surface area contributed by atoms with Crippen molar-refractivity contribution in [3.05, 3.63) is 150 Å². The first-order valence-electron chi connectivity index (χ1n) is 16.0. The molecule has 0 atom stereocenters. The lowest BCUT2D eigenvalue weighted by Crippen LogP contribution is -2.29. The summed E-state index contributed by atoms with van der Waals surface area (Å²) in [6.45, 7) is 6.44. The Hall–Kier alpha value is -5.94. The molecule has 0 fully saturated rings. The highest BCUT2D eigenvalue weighted by Crippen LogP contribution is 2.43. The summed E-state index contributed by atoms with van der Waals surface area (Å²) in [5.41, 5.74) is 8.53. The summed E-state index contributed by atoms with van der Waals surface area (Å²) >= 11 is 0. The van der Waals surface area contributed by atoms with E-state index < -0.39 is 0 Å². The van der Waals surface area contributed by atoms with E-state index in [9.17, 15) is 9.59 Å². The second-order valence-electron chi connectivity index (χ2n) is 13.3. The van der Waals surface area contributed by atoms with Crippen LogP contribution >= 0.6 is 0 Å². The molecule has 0 unspecified atom stereocenters. The van der Waals surface area contributed by atoms with Crippen molar-refractivity contribution in [3.63, 3.8) is 0 Å². The predicted octanol–water partition coefficient (Wildman–Crippen LogP) is 9.98. The number of rotatable bonds is 3. The summed E-state index contributed by atoms with van der Waals surface area (Å²) in [5.74, 6) is -0.610. The SMILES string of the molecule is CC(C)(C)c1ccc(N2C(=O)c3cccc(-n4c5ccccc5c5c6c7ccccc7n(-c7ccccc7)c6ccc54)c3C2=O)cc1. The normalized spacial score (nSPS) is 13.5. The number of imide groups is 1. The lowest BCUT2D eigenvalue weighted by Gasteiger charge is -2.21. The van der Waals surface area contributed by atoms with Crippen LogP contribution in [0.4, 0.5) is 5.69 Å². The van der Waals surface area contributed by atoms with Crippen LogP contribution in [0.1, 0.15) is 47.1 Å². The van der Waals surface area contributed by atoms with Gasteiger partial charge in [0.25, 0.3) is 11.8 Å². The van der Waals surface area contributed by atoms with E-state index in [1.54, 1.807) is 6.07 Å². The molecule has 0 N–H and O–H groups in total. The topological polar surface area (TPSA) is 47.2 Å². The van der Waals surface area contributed by atoms with Gasteiger partial charge in [-0.2, -0.15) is 0 Å². The lowest BCUT2D eigenvalue weighted by molar-refractivity contribution is 0.0926. The highest BCUT2D eigenvalue weighted by Gasteiger charge is 2.39. The Bertz CT molecular complexity index is 2580. The van der Waals surface area contributed by atoms with Gasteiger partial charge in [-0.3, -0.25) is 9.59 Å². The van der Waals surface area contributed by atoms with Crippen LogP contribution < -0.4 is 4.90 Å². The van der Waals surface area contributed by atoms with Gasteiger partial charge in [-0.15, -0.1) is 0 Å². The number of anilines is 1. The van der Waals surface area contributed by atoms with E-state index in [1.165, 1.54) is 4.90 Å². The molecular weight excluding hydrogens is 578 g/mol. The lowest BCUT2D eigenvalue weighted by atomic mass is 9.87. The van der Waals surface area contributed by atoms with Gasteiger partial charge in [0, 0.05) is 27.2 Å². The Morgan fingerprint density at radius 2 is 1.04 bits per heavy atom. The van der Waals surface area contributed by atoms with Gasteiger partial charge in [-0.05, 0) is 71.6 Å². The molecule has 0 saturated heterocycles. The van der Waals surface area contributed by atoms with Crippen molar-refractivity contribution >= 4 is 61.1 Å². The fourth-order valence-corrected chi connectivity index (χ4v) is 7.43. The smallest absolute Gasteiger partial charge is 0.268 e. The van der Waals surface area contributed by atoms with Crippen molar-refractivity contribution in [2.75, 3.05) is 4.90 Å². The number of carbonyl (C=O) groups is 2. The maximum atomic E-state index is 14.3. The van der Waals surface area contributed by atoms with Gasteiger partial charge >= 0.3 is 0 Å². The van der Waals surface area contributed by atoms with E-state index in [0.29, 0.717) is 22.5 Å². The molecule has 2 amide bonds. The van der Waals surface area contributed by atoms with Gasteiger partial charge < -0.3 is 9.13 Å². The van der Waals surface area contributed by atoms with E-state index in [4.69, 9.17) is 0 Å². The van der Waals surface area contributed by atoms with Crippen LogP contribution in [-0.2, 0) is 5.41 Å². The molecule has 0 saturated carbocycles. The number of hydrogen-bond donors (Lipinski definition) is 0. The third kappa shape index (κ3) is 3.83. The quantitative estimate of drug-likeness (QED) is 0.187. The fraction of sp³-hybridized carbons (Fsp3) is 0.0952. The standard InChI is InChI=1S/C42H31N3O2/c1-42(2,3)26-20-22-28(23-21-26)44-40(46)31-16-11-19-34(39(31)41(44)47)45-33-18-10-8-15-30(33)38-36(45)25-24-35-37(38)29-14-7-9-17-32(29)43(35)27-12-5-4-6-13-27/h4-25H,1-3H3. The molecule has 0 spiro atoms. The number of nitrogens with zero attached hydrogens (tertiary/aromatic N) is 3. The van der Waals surface area contributed by atoms with Gasteiger partial charge in [0.2, 0.25) is 0 Å². The van der Waals surface area contributed by atoms with Crippen LogP contribution in [0.25, 0.3) is 55.0 Å².